The maximum atomic E-state index is 11.8. The van der Waals surface area contributed by atoms with Gasteiger partial charge in [0.1, 0.15) is 5.76 Å². The molecule has 2 atom stereocenters. The summed E-state index contributed by atoms with van der Waals surface area (Å²) in [6, 6.07) is -0.390. The van der Waals surface area contributed by atoms with Crippen LogP contribution in [0.15, 0.2) is 4.52 Å². The topological polar surface area (TPSA) is 81.2 Å². The number of carbonyl (C=O) groups is 1. The highest BCUT2D eigenvalue weighted by molar-refractivity contribution is 5.81. The molecular formula is C13H23N3O2. The summed E-state index contributed by atoms with van der Waals surface area (Å²) in [7, 11) is 0. The summed E-state index contributed by atoms with van der Waals surface area (Å²) in [6.07, 6.45) is 2.34. The normalized spacial score (nSPS) is 14.3. The number of nitrogens with zero attached hydrogens (tertiary/aromatic N) is 1. The number of carbonyl (C=O) groups excluding carboxylic acids is 1. The molecule has 0 aliphatic carbocycles. The average molecular weight is 253 g/mol. The Morgan fingerprint density at radius 1 is 1.50 bits per heavy atom. The molecule has 1 heterocycles. The first-order valence-corrected chi connectivity index (χ1v) is 6.43. The smallest absolute Gasteiger partial charge is 0.237 e. The summed E-state index contributed by atoms with van der Waals surface area (Å²) in [5, 5.41) is 6.82. The van der Waals surface area contributed by atoms with Gasteiger partial charge in [-0.05, 0) is 33.6 Å². The molecule has 2 unspecified atom stereocenters. The van der Waals surface area contributed by atoms with Gasteiger partial charge in [-0.25, -0.2) is 0 Å². The molecule has 0 fully saturated rings. The minimum atomic E-state index is -0.415. The van der Waals surface area contributed by atoms with Crippen molar-refractivity contribution >= 4 is 5.91 Å². The number of rotatable bonds is 6. The number of nitrogens with one attached hydrogen (secondary N) is 1. The van der Waals surface area contributed by atoms with E-state index in [-0.39, 0.29) is 11.9 Å². The van der Waals surface area contributed by atoms with Crippen molar-refractivity contribution in [3.8, 4) is 0 Å². The van der Waals surface area contributed by atoms with Crippen LogP contribution >= 0.6 is 0 Å². The van der Waals surface area contributed by atoms with Gasteiger partial charge >= 0.3 is 0 Å². The first-order chi connectivity index (χ1) is 8.45. The summed E-state index contributed by atoms with van der Waals surface area (Å²) in [5.74, 6) is 0.725. The highest BCUT2D eigenvalue weighted by Crippen LogP contribution is 2.14. The molecule has 0 aliphatic rings. The van der Waals surface area contributed by atoms with E-state index in [1.807, 2.05) is 27.7 Å². The summed E-state index contributed by atoms with van der Waals surface area (Å²) in [5.41, 5.74) is 7.71. The molecule has 0 bridgehead atoms. The summed E-state index contributed by atoms with van der Waals surface area (Å²) >= 11 is 0. The van der Waals surface area contributed by atoms with E-state index in [1.54, 1.807) is 0 Å². The van der Waals surface area contributed by atoms with Crippen molar-refractivity contribution in [3.05, 3.63) is 17.0 Å². The SMILES string of the molecule is CCCC(N)C(=O)NC(C)Cc1c(C)noc1C. The number of amides is 1. The third kappa shape index (κ3) is 3.84. The Morgan fingerprint density at radius 3 is 2.67 bits per heavy atom. The van der Waals surface area contributed by atoms with Gasteiger partial charge in [0.05, 0.1) is 11.7 Å². The molecule has 0 aromatic carbocycles. The van der Waals surface area contributed by atoms with Gasteiger partial charge in [0.15, 0.2) is 0 Å². The fourth-order valence-corrected chi connectivity index (χ4v) is 1.94. The summed E-state index contributed by atoms with van der Waals surface area (Å²) in [6.45, 7) is 7.76. The van der Waals surface area contributed by atoms with Gasteiger partial charge in [0.2, 0.25) is 5.91 Å². The van der Waals surface area contributed by atoms with Crippen LogP contribution in [0.5, 0.6) is 0 Å². The number of nitrogens with two attached hydrogens (primary N) is 1. The van der Waals surface area contributed by atoms with Crippen LogP contribution in [0.3, 0.4) is 0 Å². The van der Waals surface area contributed by atoms with E-state index in [1.165, 1.54) is 0 Å². The zero-order valence-electron chi connectivity index (χ0n) is 11.6. The molecule has 5 nitrogen and oxygen atoms in total. The van der Waals surface area contributed by atoms with Crippen LogP contribution in [-0.2, 0) is 11.2 Å². The lowest BCUT2D eigenvalue weighted by atomic mass is 10.0. The molecule has 102 valence electrons. The minimum absolute atomic E-state index is 0.0252. The molecule has 0 aliphatic heterocycles. The Hall–Kier alpha value is -1.36. The zero-order valence-corrected chi connectivity index (χ0v) is 11.6. The Bertz CT molecular complexity index is 381. The van der Waals surface area contributed by atoms with E-state index < -0.39 is 6.04 Å². The third-order valence-electron chi connectivity index (χ3n) is 3.02. The highest BCUT2D eigenvalue weighted by atomic mass is 16.5. The van der Waals surface area contributed by atoms with Crippen LogP contribution in [0.25, 0.3) is 0 Å². The molecule has 1 rings (SSSR count). The van der Waals surface area contributed by atoms with Crippen LogP contribution < -0.4 is 11.1 Å². The van der Waals surface area contributed by atoms with Gasteiger partial charge in [-0.2, -0.15) is 0 Å². The van der Waals surface area contributed by atoms with E-state index in [9.17, 15) is 4.79 Å². The van der Waals surface area contributed by atoms with E-state index in [0.717, 1.165) is 23.4 Å². The largest absolute Gasteiger partial charge is 0.361 e. The highest BCUT2D eigenvalue weighted by Gasteiger charge is 2.17. The van der Waals surface area contributed by atoms with Crippen molar-refractivity contribution in [2.24, 2.45) is 5.73 Å². The number of aromatic nitrogens is 1. The molecule has 0 saturated carbocycles. The quantitative estimate of drug-likeness (QED) is 0.804. The Labute approximate surface area is 108 Å². The molecule has 0 saturated heterocycles. The molecule has 0 radical (unpaired) electrons. The van der Waals surface area contributed by atoms with Crippen LogP contribution in [0.4, 0.5) is 0 Å². The van der Waals surface area contributed by atoms with Crippen molar-refractivity contribution in [3.63, 3.8) is 0 Å². The first kappa shape index (κ1) is 14.7. The van der Waals surface area contributed by atoms with Crippen molar-refractivity contribution in [1.82, 2.24) is 10.5 Å². The molecule has 1 aromatic rings. The van der Waals surface area contributed by atoms with Crippen molar-refractivity contribution in [1.29, 1.82) is 0 Å². The first-order valence-electron chi connectivity index (χ1n) is 6.43. The standard InChI is InChI=1S/C13H23N3O2/c1-5-6-12(14)13(17)15-8(2)7-11-9(3)16-18-10(11)4/h8,12H,5-7,14H2,1-4H3,(H,15,17). The lowest BCUT2D eigenvalue weighted by molar-refractivity contribution is -0.123. The van der Waals surface area contributed by atoms with Crippen LogP contribution in [0.2, 0.25) is 0 Å². The predicted molar refractivity (Wildman–Crippen MR) is 70.2 cm³/mol. The molecule has 1 amide bonds. The van der Waals surface area contributed by atoms with Crippen LogP contribution in [0, 0.1) is 13.8 Å². The second-order valence-corrected chi connectivity index (χ2v) is 4.81. The van der Waals surface area contributed by atoms with Crippen molar-refractivity contribution in [2.45, 2.75) is 59.0 Å². The van der Waals surface area contributed by atoms with Crippen LogP contribution in [-0.4, -0.2) is 23.1 Å². The zero-order chi connectivity index (χ0) is 13.7. The molecule has 5 heteroatoms. The van der Waals surface area contributed by atoms with Gasteiger partial charge < -0.3 is 15.6 Å². The van der Waals surface area contributed by atoms with Gasteiger partial charge in [-0.3, -0.25) is 4.79 Å². The number of hydrogen-bond donors (Lipinski definition) is 2. The molecular weight excluding hydrogens is 230 g/mol. The van der Waals surface area contributed by atoms with Gasteiger partial charge in [-0.15, -0.1) is 0 Å². The van der Waals surface area contributed by atoms with E-state index in [2.05, 4.69) is 10.5 Å². The predicted octanol–water partition coefficient (Wildman–Crippen LogP) is 1.47. The maximum absolute atomic E-state index is 11.8. The molecule has 18 heavy (non-hydrogen) atoms. The second kappa shape index (κ2) is 6.54. The van der Waals surface area contributed by atoms with Gasteiger partial charge in [0.25, 0.3) is 0 Å². The fraction of sp³-hybridized carbons (Fsp3) is 0.692. The van der Waals surface area contributed by atoms with Crippen molar-refractivity contribution in [2.75, 3.05) is 0 Å². The van der Waals surface area contributed by atoms with Gasteiger partial charge in [-0.1, -0.05) is 18.5 Å². The Kier molecular flexibility index (Phi) is 5.34. The molecule has 0 spiro atoms. The summed E-state index contributed by atoms with van der Waals surface area (Å²) in [4.78, 5) is 11.8. The second-order valence-electron chi connectivity index (χ2n) is 4.81. The monoisotopic (exact) mass is 253 g/mol. The van der Waals surface area contributed by atoms with E-state index in [4.69, 9.17) is 10.3 Å². The fourth-order valence-electron chi connectivity index (χ4n) is 1.94. The van der Waals surface area contributed by atoms with E-state index >= 15 is 0 Å². The van der Waals surface area contributed by atoms with Crippen LogP contribution in [0.1, 0.15) is 43.7 Å². The Balaban J connectivity index is 2.52. The lowest BCUT2D eigenvalue weighted by Gasteiger charge is -2.17. The number of aryl methyl sites for hydroxylation is 2. The molecule has 3 N–H and O–H groups in total. The average Bonchev–Trinajstić information content (AvgIpc) is 2.61. The van der Waals surface area contributed by atoms with E-state index in [0.29, 0.717) is 12.8 Å². The van der Waals surface area contributed by atoms with Crippen molar-refractivity contribution < 1.29 is 9.32 Å². The Morgan fingerprint density at radius 2 is 2.17 bits per heavy atom. The number of hydrogen-bond acceptors (Lipinski definition) is 4. The molecule has 1 aromatic heterocycles. The maximum Gasteiger partial charge on any atom is 0.237 e. The minimum Gasteiger partial charge on any atom is -0.361 e. The lowest BCUT2D eigenvalue weighted by Crippen LogP contribution is -2.45. The third-order valence-corrected chi connectivity index (χ3v) is 3.02. The summed E-state index contributed by atoms with van der Waals surface area (Å²) < 4.78 is 5.10. The van der Waals surface area contributed by atoms with Gasteiger partial charge in [0, 0.05) is 11.6 Å².